The average Bonchev–Trinajstić information content (AvgIpc) is 3.05. The first-order chi connectivity index (χ1) is 13.0. The molecule has 2 saturated heterocycles. The molecule has 0 spiro atoms. The van der Waals surface area contributed by atoms with Gasteiger partial charge in [0, 0.05) is 37.0 Å². The second-order valence-electron chi connectivity index (χ2n) is 7.70. The van der Waals surface area contributed by atoms with E-state index in [0.717, 1.165) is 56.1 Å². The van der Waals surface area contributed by atoms with E-state index < -0.39 is 9.84 Å². The molecule has 0 saturated carbocycles. The molecule has 6 nitrogen and oxygen atoms in total. The third kappa shape index (κ3) is 4.25. The number of benzene rings is 1. The van der Waals surface area contributed by atoms with Gasteiger partial charge in [0.25, 0.3) is 0 Å². The van der Waals surface area contributed by atoms with Crippen LogP contribution >= 0.6 is 0 Å². The maximum Gasteiger partial charge on any atom is 0.175 e. The van der Waals surface area contributed by atoms with E-state index >= 15 is 0 Å². The van der Waals surface area contributed by atoms with Crippen molar-refractivity contribution in [2.45, 2.75) is 36.6 Å². The van der Waals surface area contributed by atoms with Gasteiger partial charge in [-0.2, -0.15) is 0 Å². The molecule has 0 amide bonds. The summed E-state index contributed by atoms with van der Waals surface area (Å²) in [5.41, 5.74) is 1.74. The van der Waals surface area contributed by atoms with Crippen molar-refractivity contribution < 1.29 is 8.42 Å². The van der Waals surface area contributed by atoms with Gasteiger partial charge in [0.2, 0.25) is 0 Å². The van der Waals surface area contributed by atoms with Crippen LogP contribution in [-0.2, 0) is 16.4 Å². The zero-order chi connectivity index (χ0) is 18.9. The maximum atomic E-state index is 11.9. The summed E-state index contributed by atoms with van der Waals surface area (Å²) >= 11 is 0. The van der Waals surface area contributed by atoms with Crippen LogP contribution in [-0.4, -0.2) is 61.8 Å². The molecule has 1 aromatic carbocycles. The van der Waals surface area contributed by atoms with Crippen molar-refractivity contribution in [1.82, 2.24) is 19.8 Å². The SMILES string of the molecule is CS(=O)(=O)c1cccc(-c2cn(CCN3CCC3)c(C3CCNCC3)n2)c1. The lowest BCUT2D eigenvalue weighted by molar-refractivity contribution is 0.173. The van der Waals surface area contributed by atoms with Crippen molar-refractivity contribution in [2.24, 2.45) is 0 Å². The van der Waals surface area contributed by atoms with Gasteiger partial charge in [-0.05, 0) is 57.6 Å². The normalized spacial score (nSPS) is 19.1. The van der Waals surface area contributed by atoms with Crippen molar-refractivity contribution in [1.29, 1.82) is 0 Å². The molecule has 0 aliphatic carbocycles. The minimum atomic E-state index is -3.22. The molecule has 146 valence electrons. The Bertz CT molecular complexity index is 896. The Morgan fingerprint density at radius 3 is 2.63 bits per heavy atom. The fourth-order valence-electron chi connectivity index (χ4n) is 3.89. The lowest BCUT2D eigenvalue weighted by Crippen LogP contribution is -2.39. The summed E-state index contributed by atoms with van der Waals surface area (Å²) in [7, 11) is -3.22. The summed E-state index contributed by atoms with van der Waals surface area (Å²) in [4.78, 5) is 7.79. The predicted molar refractivity (Wildman–Crippen MR) is 107 cm³/mol. The first kappa shape index (κ1) is 18.7. The molecule has 2 fully saturated rings. The van der Waals surface area contributed by atoms with E-state index in [2.05, 4.69) is 21.0 Å². The largest absolute Gasteiger partial charge is 0.333 e. The van der Waals surface area contributed by atoms with Gasteiger partial charge in [0.15, 0.2) is 9.84 Å². The smallest absolute Gasteiger partial charge is 0.175 e. The van der Waals surface area contributed by atoms with Crippen LogP contribution in [0.25, 0.3) is 11.3 Å². The Labute approximate surface area is 161 Å². The molecule has 2 aromatic rings. The molecule has 1 N–H and O–H groups in total. The molecule has 2 aliphatic heterocycles. The van der Waals surface area contributed by atoms with Crippen LogP contribution in [0, 0.1) is 0 Å². The Hall–Kier alpha value is -1.70. The fraction of sp³-hybridized carbons (Fsp3) is 0.550. The van der Waals surface area contributed by atoms with Gasteiger partial charge < -0.3 is 14.8 Å². The lowest BCUT2D eigenvalue weighted by Gasteiger charge is -2.31. The second kappa shape index (κ2) is 7.73. The van der Waals surface area contributed by atoms with Crippen LogP contribution in [0.1, 0.15) is 31.0 Å². The molecular formula is C20H28N4O2S. The van der Waals surface area contributed by atoms with Gasteiger partial charge in [-0.15, -0.1) is 0 Å². The zero-order valence-electron chi connectivity index (χ0n) is 15.9. The van der Waals surface area contributed by atoms with Gasteiger partial charge in [-0.25, -0.2) is 13.4 Å². The van der Waals surface area contributed by atoms with E-state index in [1.54, 1.807) is 18.2 Å². The highest BCUT2D eigenvalue weighted by Crippen LogP contribution is 2.29. The Morgan fingerprint density at radius 1 is 1.19 bits per heavy atom. The highest BCUT2D eigenvalue weighted by molar-refractivity contribution is 7.90. The van der Waals surface area contributed by atoms with Crippen molar-refractivity contribution in [3.05, 3.63) is 36.3 Å². The summed E-state index contributed by atoms with van der Waals surface area (Å²) in [6, 6.07) is 7.13. The van der Waals surface area contributed by atoms with E-state index in [1.807, 2.05) is 6.07 Å². The van der Waals surface area contributed by atoms with Crippen molar-refractivity contribution in [2.75, 3.05) is 39.0 Å². The van der Waals surface area contributed by atoms with Gasteiger partial charge >= 0.3 is 0 Å². The molecular weight excluding hydrogens is 360 g/mol. The van der Waals surface area contributed by atoms with Crippen LogP contribution in [0.2, 0.25) is 0 Å². The fourth-order valence-corrected chi connectivity index (χ4v) is 4.56. The molecule has 0 atom stereocenters. The lowest BCUT2D eigenvalue weighted by atomic mass is 9.97. The Morgan fingerprint density at radius 2 is 1.96 bits per heavy atom. The molecule has 7 heteroatoms. The molecule has 0 bridgehead atoms. The topological polar surface area (TPSA) is 67.2 Å². The van der Waals surface area contributed by atoms with Gasteiger partial charge in [-0.3, -0.25) is 0 Å². The monoisotopic (exact) mass is 388 g/mol. The number of piperidine rings is 1. The van der Waals surface area contributed by atoms with Crippen LogP contribution in [0.3, 0.4) is 0 Å². The number of imidazole rings is 1. The average molecular weight is 389 g/mol. The highest BCUT2D eigenvalue weighted by atomic mass is 32.2. The second-order valence-corrected chi connectivity index (χ2v) is 9.71. The third-order valence-corrected chi connectivity index (χ3v) is 6.79. The van der Waals surface area contributed by atoms with Crippen molar-refractivity contribution in [3.63, 3.8) is 0 Å². The number of rotatable bonds is 6. The minimum absolute atomic E-state index is 0.346. The summed E-state index contributed by atoms with van der Waals surface area (Å²) < 4.78 is 26.1. The molecule has 1 aromatic heterocycles. The number of nitrogens with one attached hydrogen (secondary N) is 1. The van der Waals surface area contributed by atoms with Gasteiger partial charge in [0.05, 0.1) is 10.6 Å². The molecule has 27 heavy (non-hydrogen) atoms. The van der Waals surface area contributed by atoms with E-state index in [4.69, 9.17) is 4.98 Å². The number of hydrogen-bond donors (Lipinski definition) is 1. The maximum absolute atomic E-state index is 11.9. The summed E-state index contributed by atoms with van der Waals surface area (Å²) in [6.07, 6.45) is 6.86. The first-order valence-electron chi connectivity index (χ1n) is 9.81. The standard InChI is InChI=1S/C20H28N4O2S/c1-27(25,26)18-5-2-4-17(14-18)19-15-24(13-12-23-10-3-11-23)20(22-19)16-6-8-21-9-7-16/h2,4-5,14-16,21H,3,6-13H2,1H3. The van der Waals surface area contributed by atoms with E-state index in [0.29, 0.717) is 10.8 Å². The van der Waals surface area contributed by atoms with E-state index in [-0.39, 0.29) is 0 Å². The summed E-state index contributed by atoms with van der Waals surface area (Å²) in [5, 5.41) is 3.42. The Balaban J connectivity index is 1.65. The highest BCUT2D eigenvalue weighted by Gasteiger charge is 2.23. The molecule has 4 rings (SSSR count). The number of nitrogens with zero attached hydrogens (tertiary/aromatic N) is 3. The van der Waals surface area contributed by atoms with E-state index in [9.17, 15) is 8.42 Å². The summed E-state index contributed by atoms with van der Waals surface area (Å²) in [6.45, 7) is 6.45. The van der Waals surface area contributed by atoms with Crippen molar-refractivity contribution >= 4 is 9.84 Å². The van der Waals surface area contributed by atoms with Crippen molar-refractivity contribution in [3.8, 4) is 11.3 Å². The Kier molecular flexibility index (Phi) is 5.34. The van der Waals surface area contributed by atoms with Crippen LogP contribution in [0.5, 0.6) is 0 Å². The third-order valence-electron chi connectivity index (χ3n) is 5.68. The number of aromatic nitrogens is 2. The molecule has 0 unspecified atom stereocenters. The summed E-state index contributed by atoms with van der Waals surface area (Å²) in [5.74, 6) is 1.62. The van der Waals surface area contributed by atoms with Crippen LogP contribution < -0.4 is 5.32 Å². The number of sulfone groups is 1. The molecule has 0 radical (unpaired) electrons. The number of likely N-dealkylation sites (tertiary alicyclic amines) is 1. The predicted octanol–water partition coefficient (Wildman–Crippen LogP) is 2.13. The van der Waals surface area contributed by atoms with Gasteiger partial charge in [0.1, 0.15) is 5.82 Å². The van der Waals surface area contributed by atoms with Crippen LogP contribution in [0.15, 0.2) is 35.4 Å². The minimum Gasteiger partial charge on any atom is -0.333 e. The zero-order valence-corrected chi connectivity index (χ0v) is 16.7. The van der Waals surface area contributed by atoms with Gasteiger partial charge in [-0.1, -0.05) is 12.1 Å². The number of hydrogen-bond acceptors (Lipinski definition) is 5. The quantitative estimate of drug-likeness (QED) is 0.821. The molecule has 2 aliphatic rings. The molecule has 3 heterocycles. The van der Waals surface area contributed by atoms with Crippen LogP contribution in [0.4, 0.5) is 0 Å². The van der Waals surface area contributed by atoms with E-state index in [1.165, 1.54) is 25.8 Å². The first-order valence-corrected chi connectivity index (χ1v) is 11.7.